The van der Waals surface area contributed by atoms with Gasteiger partial charge in [0.15, 0.2) is 11.8 Å². The molecule has 2 aromatic rings. The van der Waals surface area contributed by atoms with Crippen molar-refractivity contribution >= 4 is 23.6 Å². The molecule has 1 fully saturated rings. The number of thioether (sulfide) groups is 1. The van der Waals surface area contributed by atoms with Crippen LogP contribution in [0.4, 0.5) is 0 Å². The number of primary amides is 1. The van der Waals surface area contributed by atoms with Crippen LogP contribution in [0.15, 0.2) is 29.4 Å². The molecule has 3 N–H and O–H groups in total. The summed E-state index contributed by atoms with van der Waals surface area (Å²) in [4.78, 5) is 23.4. The number of nitrogens with two attached hydrogens (primary N) is 1. The van der Waals surface area contributed by atoms with Gasteiger partial charge in [0.2, 0.25) is 0 Å². The quantitative estimate of drug-likeness (QED) is 0.453. The van der Waals surface area contributed by atoms with Gasteiger partial charge in [-0.15, -0.1) is 10.2 Å². The van der Waals surface area contributed by atoms with Crippen molar-refractivity contribution in [3.63, 3.8) is 0 Å². The van der Waals surface area contributed by atoms with E-state index in [1.54, 1.807) is 36.0 Å². The minimum atomic E-state index is -0.586. The Kier molecular flexibility index (Phi) is 7.51. The van der Waals surface area contributed by atoms with Crippen molar-refractivity contribution in [2.45, 2.75) is 49.7 Å². The van der Waals surface area contributed by atoms with Gasteiger partial charge in [-0.1, -0.05) is 36.7 Å². The fourth-order valence-electron chi connectivity index (χ4n) is 3.61. The van der Waals surface area contributed by atoms with Crippen molar-refractivity contribution in [2.24, 2.45) is 5.73 Å². The van der Waals surface area contributed by atoms with Crippen molar-refractivity contribution in [3.05, 3.63) is 35.7 Å². The minimum absolute atomic E-state index is 0.167. The van der Waals surface area contributed by atoms with E-state index in [4.69, 9.17) is 10.5 Å². The first-order valence-electron chi connectivity index (χ1n) is 9.86. The molecule has 1 heterocycles. The molecule has 2 amide bonds. The van der Waals surface area contributed by atoms with Gasteiger partial charge in [0.1, 0.15) is 11.6 Å². The van der Waals surface area contributed by atoms with E-state index in [-0.39, 0.29) is 18.1 Å². The highest BCUT2D eigenvalue weighted by molar-refractivity contribution is 7.98. The summed E-state index contributed by atoms with van der Waals surface area (Å²) in [5.74, 6) is 0.467. The molecule has 0 unspecified atom stereocenters. The Morgan fingerprint density at radius 2 is 2.03 bits per heavy atom. The Hall–Kier alpha value is -2.55. The largest absolute Gasteiger partial charge is 0.483 e. The van der Waals surface area contributed by atoms with Gasteiger partial charge in [-0.25, -0.2) is 0 Å². The second-order valence-electron chi connectivity index (χ2n) is 7.01. The molecule has 3 rings (SSSR count). The maximum atomic E-state index is 12.0. The van der Waals surface area contributed by atoms with E-state index in [2.05, 4.69) is 20.1 Å². The molecular weight excluding hydrogens is 390 g/mol. The van der Waals surface area contributed by atoms with Gasteiger partial charge >= 0.3 is 0 Å². The van der Waals surface area contributed by atoms with E-state index in [0.29, 0.717) is 18.3 Å². The molecule has 0 radical (unpaired) electrons. The molecule has 29 heavy (non-hydrogen) atoms. The standard InChI is InChI=1S/C20H27N5O3S/c1-29-20-24-23-17(25(20)14-7-2-3-8-14)11-6-12-22-18(26)13-28-16-10-5-4-9-15(16)19(21)27/h4-5,9-10,14H,2-3,6-8,11-13H2,1H3,(H2,21,27)(H,22,26). The average molecular weight is 418 g/mol. The normalized spacial score (nSPS) is 14.1. The first-order chi connectivity index (χ1) is 14.1. The Bertz CT molecular complexity index is 848. The Morgan fingerprint density at radius 3 is 2.76 bits per heavy atom. The summed E-state index contributed by atoms with van der Waals surface area (Å²) < 4.78 is 7.72. The number of amides is 2. The Morgan fingerprint density at radius 1 is 1.28 bits per heavy atom. The van der Waals surface area contributed by atoms with E-state index < -0.39 is 5.91 Å². The van der Waals surface area contributed by atoms with Crippen LogP contribution in [-0.4, -0.2) is 46.0 Å². The smallest absolute Gasteiger partial charge is 0.257 e. The van der Waals surface area contributed by atoms with Crippen molar-refractivity contribution in [1.82, 2.24) is 20.1 Å². The van der Waals surface area contributed by atoms with E-state index in [1.807, 2.05) is 6.26 Å². The number of hydrogen-bond donors (Lipinski definition) is 2. The van der Waals surface area contributed by atoms with Crippen molar-refractivity contribution < 1.29 is 14.3 Å². The van der Waals surface area contributed by atoms with E-state index in [0.717, 1.165) is 23.8 Å². The minimum Gasteiger partial charge on any atom is -0.483 e. The summed E-state index contributed by atoms with van der Waals surface area (Å²) in [5, 5.41) is 12.5. The highest BCUT2D eigenvalue weighted by atomic mass is 32.2. The van der Waals surface area contributed by atoms with Crippen molar-refractivity contribution in [2.75, 3.05) is 19.4 Å². The van der Waals surface area contributed by atoms with Crippen molar-refractivity contribution in [1.29, 1.82) is 0 Å². The number of benzene rings is 1. The van der Waals surface area contributed by atoms with Gasteiger partial charge < -0.3 is 20.4 Å². The summed E-state index contributed by atoms with van der Waals surface area (Å²) in [5.41, 5.74) is 5.57. The third-order valence-electron chi connectivity index (χ3n) is 5.02. The molecule has 1 aliphatic rings. The van der Waals surface area contributed by atoms with Crippen LogP contribution in [0.2, 0.25) is 0 Å². The number of carbonyl (C=O) groups is 2. The van der Waals surface area contributed by atoms with Gasteiger partial charge in [-0.05, 0) is 37.7 Å². The number of aryl methyl sites for hydroxylation is 1. The molecule has 1 aromatic heterocycles. The second kappa shape index (κ2) is 10.3. The average Bonchev–Trinajstić information content (AvgIpc) is 3.38. The van der Waals surface area contributed by atoms with Crippen LogP contribution in [0.3, 0.4) is 0 Å². The van der Waals surface area contributed by atoms with Crippen LogP contribution in [0.1, 0.15) is 54.3 Å². The van der Waals surface area contributed by atoms with Crippen LogP contribution < -0.4 is 15.8 Å². The van der Waals surface area contributed by atoms with Crippen molar-refractivity contribution in [3.8, 4) is 5.75 Å². The van der Waals surface area contributed by atoms with Gasteiger partial charge in [0, 0.05) is 19.0 Å². The lowest BCUT2D eigenvalue weighted by molar-refractivity contribution is -0.123. The van der Waals surface area contributed by atoms with Crippen LogP contribution in [0.5, 0.6) is 5.75 Å². The Balaban J connectivity index is 1.45. The molecule has 8 nitrogen and oxygen atoms in total. The lowest BCUT2D eigenvalue weighted by Gasteiger charge is -2.16. The highest BCUT2D eigenvalue weighted by Gasteiger charge is 2.23. The number of aromatic nitrogens is 3. The lowest BCUT2D eigenvalue weighted by atomic mass is 10.2. The molecule has 9 heteroatoms. The molecule has 1 aliphatic carbocycles. The molecule has 0 saturated heterocycles. The maximum absolute atomic E-state index is 12.0. The molecule has 0 spiro atoms. The number of para-hydroxylation sites is 1. The lowest BCUT2D eigenvalue weighted by Crippen LogP contribution is -2.30. The molecule has 156 valence electrons. The monoisotopic (exact) mass is 417 g/mol. The number of hydrogen-bond acceptors (Lipinski definition) is 6. The van der Waals surface area contributed by atoms with Crippen LogP contribution in [0, 0.1) is 0 Å². The zero-order valence-corrected chi connectivity index (χ0v) is 17.4. The summed E-state index contributed by atoms with van der Waals surface area (Å²) in [7, 11) is 0. The molecule has 0 bridgehead atoms. The predicted octanol–water partition coefficient (Wildman–Crippen LogP) is 2.34. The summed E-state index contributed by atoms with van der Waals surface area (Å²) in [6.07, 6.45) is 8.42. The predicted molar refractivity (Wildman–Crippen MR) is 111 cm³/mol. The first kappa shape index (κ1) is 21.2. The molecular formula is C20H27N5O3S. The molecule has 0 atom stereocenters. The third kappa shape index (κ3) is 5.50. The van der Waals surface area contributed by atoms with Crippen LogP contribution in [-0.2, 0) is 11.2 Å². The first-order valence-corrected chi connectivity index (χ1v) is 11.1. The second-order valence-corrected chi connectivity index (χ2v) is 7.79. The topological polar surface area (TPSA) is 112 Å². The SMILES string of the molecule is CSc1nnc(CCCNC(=O)COc2ccccc2C(N)=O)n1C1CCCC1. The van der Waals surface area contributed by atoms with E-state index in [1.165, 1.54) is 25.7 Å². The molecule has 1 saturated carbocycles. The van der Waals surface area contributed by atoms with E-state index in [9.17, 15) is 9.59 Å². The summed E-state index contributed by atoms with van der Waals surface area (Å²) in [6, 6.07) is 7.10. The fraction of sp³-hybridized carbons (Fsp3) is 0.500. The fourth-order valence-corrected chi connectivity index (χ4v) is 4.18. The van der Waals surface area contributed by atoms with Gasteiger partial charge in [-0.3, -0.25) is 9.59 Å². The number of ether oxygens (including phenoxy) is 1. The third-order valence-corrected chi connectivity index (χ3v) is 5.66. The summed E-state index contributed by atoms with van der Waals surface area (Å²) >= 11 is 1.63. The highest BCUT2D eigenvalue weighted by Crippen LogP contribution is 2.33. The van der Waals surface area contributed by atoms with E-state index >= 15 is 0 Å². The zero-order valence-electron chi connectivity index (χ0n) is 16.6. The number of carbonyl (C=O) groups excluding carboxylic acids is 2. The number of nitrogens with zero attached hydrogens (tertiary/aromatic N) is 3. The number of nitrogens with one attached hydrogen (secondary N) is 1. The summed E-state index contributed by atoms with van der Waals surface area (Å²) in [6.45, 7) is 0.352. The van der Waals surface area contributed by atoms with Crippen LogP contribution >= 0.6 is 11.8 Å². The molecule has 0 aliphatic heterocycles. The van der Waals surface area contributed by atoms with Gasteiger partial charge in [-0.2, -0.15) is 0 Å². The van der Waals surface area contributed by atoms with Gasteiger partial charge in [0.25, 0.3) is 11.8 Å². The maximum Gasteiger partial charge on any atom is 0.257 e. The van der Waals surface area contributed by atoms with Crippen LogP contribution in [0.25, 0.3) is 0 Å². The van der Waals surface area contributed by atoms with Gasteiger partial charge in [0.05, 0.1) is 5.56 Å². The zero-order chi connectivity index (χ0) is 20.6. The Labute approximate surface area is 174 Å². The number of rotatable bonds is 10. The molecule has 1 aromatic carbocycles.